The molecule has 137 heavy (non-hydrogen) atoms. The molecule has 0 bridgehead atoms. The molecule has 4 saturated heterocycles. The fourth-order valence-corrected chi connectivity index (χ4v) is 21.5. The average Bonchev–Trinajstić information content (AvgIpc) is 1.61. The van der Waals surface area contributed by atoms with Gasteiger partial charge in [0.05, 0.1) is 42.3 Å². The molecule has 5 amide bonds. The van der Waals surface area contributed by atoms with Gasteiger partial charge in [0, 0.05) is 227 Å². The lowest BCUT2D eigenvalue weighted by atomic mass is 9.88. The Balaban J connectivity index is 0.000000133. The number of aromatic nitrogens is 5. The standard InChI is InChI=1S/C32H31ClN2O2.C30H33ClN4O2.C27H28BrN3O2.C23H20ClFN2O3/c1-4-30(37)34-18-24(19-34)16-27(36)20-35-22(3)31(29-17-26(33)14-21(2)32(29)35)28-13-9-8-12-25(28)15-23-10-6-5-7-11-23;1-5-27(36)34-16-23(17-34)33(4)28(37)18-35-20(3)29(25-14-22(31)13-19(2)30(25)35)26-15-32-12-11-24(26)21-9-7-6-8-10-21;1-2-27(33)31-13-19(14-31)11-24(32)18-30-17-22(25-12-23(28)7-8-26(25)30)16-29-10-9-20-5-3-4-6-21(20)15-29;1-2-22(30)27-10-14(11-27)8-16(28)12-26-13-18(17-9-15(24)6-7-20(17)26)23-19(25)4-3-5-21(23)29/h4-14,17,24H,1,15-16,18-20H2,2-3H3;5,9,11-15,23H,1,6-8,10,16-18H2,2-4H3;2-8,12,17,19H,1,9-11,13-16,18H2;2-7,9,13-14,29H,1,8,10-12H2. The molecule has 0 unspecified atom stereocenters. The number of ketones is 3. The van der Waals surface area contributed by atoms with Gasteiger partial charge in [-0.15, -0.1) is 0 Å². The minimum absolute atomic E-state index is 0.0108. The molecule has 13 aromatic rings. The van der Waals surface area contributed by atoms with Gasteiger partial charge in [0.15, 0.2) is 17.3 Å². The van der Waals surface area contributed by atoms with Crippen molar-refractivity contribution in [3.05, 3.63) is 327 Å². The van der Waals surface area contributed by atoms with Crippen molar-refractivity contribution in [2.45, 2.75) is 131 Å². The van der Waals surface area contributed by atoms with Gasteiger partial charge in [-0.2, -0.15) is 0 Å². The predicted molar refractivity (Wildman–Crippen MR) is 548 cm³/mol. The number of phenols is 1. The number of aromatic hydroxyl groups is 1. The summed E-state index contributed by atoms with van der Waals surface area (Å²) < 4.78 is 23.7. The predicted octanol–water partition coefficient (Wildman–Crippen LogP) is 21.5. The fourth-order valence-electron chi connectivity index (χ4n) is 20.4. The highest BCUT2D eigenvalue weighted by Crippen LogP contribution is 2.46. The Kier molecular flexibility index (Phi) is 30.4. The number of halogens is 5. The number of hydrogen-bond acceptors (Lipinski definition) is 11. The van der Waals surface area contributed by atoms with Crippen LogP contribution < -0.4 is 0 Å². The van der Waals surface area contributed by atoms with Crippen molar-refractivity contribution >= 4 is 147 Å². The Hall–Kier alpha value is -12.8. The summed E-state index contributed by atoms with van der Waals surface area (Å²) in [4.78, 5) is 115. The maximum atomic E-state index is 14.5. The first-order chi connectivity index (χ1) is 66.0. The van der Waals surface area contributed by atoms with Crippen LogP contribution in [0, 0.1) is 51.3 Å². The minimum Gasteiger partial charge on any atom is -0.507 e. The van der Waals surface area contributed by atoms with Crippen LogP contribution in [0.3, 0.4) is 0 Å². The molecular formula is C112H112BrCl3FN11O9. The highest BCUT2D eigenvalue weighted by atomic mass is 79.9. The smallest absolute Gasteiger partial charge is 0.246 e. The van der Waals surface area contributed by atoms with E-state index < -0.39 is 5.82 Å². The molecule has 4 fully saturated rings. The number of pyridine rings is 1. The number of benzene rings is 8. The van der Waals surface area contributed by atoms with E-state index in [1.807, 2.05) is 62.8 Å². The third-order valence-corrected chi connectivity index (χ3v) is 28.7. The zero-order valence-corrected chi connectivity index (χ0v) is 81.8. The molecule has 20 nitrogen and oxygen atoms in total. The van der Waals surface area contributed by atoms with Crippen LogP contribution in [0.4, 0.5) is 4.39 Å². The SMILES string of the molecule is C=CC(=O)N1CC(CC(=O)Cn2c(C)c(-c3ccccc3Cc3ccccc3)c3cc(Cl)cc(C)c32)C1.C=CC(=O)N1CC(CC(=O)Cn2cc(-c3c(O)cccc3F)c3cc(Cl)ccc32)C1.C=CC(=O)N1CC(CC(=O)Cn2cc(CN3CCc4ccccc4C3)c3cc(Br)ccc32)C1.C=CC(=O)N1CC(N(C)C(=O)Cn2c(C)c(-c3cnccc3C3=CCCCC3)c3cc(Cl)cc(C)c32)C1. The number of rotatable bonds is 27. The largest absolute Gasteiger partial charge is 0.507 e. The van der Waals surface area contributed by atoms with E-state index in [1.54, 1.807) is 53.5 Å². The van der Waals surface area contributed by atoms with E-state index in [-0.39, 0.29) is 95.1 Å². The molecule has 19 rings (SSSR count). The summed E-state index contributed by atoms with van der Waals surface area (Å²) in [7, 11) is 1.82. The number of phenolic OH excluding ortho intramolecular Hbond substituents is 1. The van der Waals surface area contributed by atoms with Gasteiger partial charge in [0.2, 0.25) is 29.5 Å². The highest BCUT2D eigenvalue weighted by Gasteiger charge is 2.38. The molecule has 25 heteroatoms. The van der Waals surface area contributed by atoms with E-state index in [0.717, 1.165) is 122 Å². The van der Waals surface area contributed by atoms with Gasteiger partial charge in [-0.3, -0.25) is 48.2 Å². The minimum atomic E-state index is -0.554. The maximum Gasteiger partial charge on any atom is 0.246 e. The number of likely N-dealkylation sites (N-methyl/N-ethyl adjacent to an activating group) is 1. The molecule has 1 N–H and O–H groups in total. The van der Waals surface area contributed by atoms with E-state index >= 15 is 0 Å². The Morgan fingerprint density at radius 2 is 1.03 bits per heavy atom. The number of amides is 5. The number of allylic oxidation sites excluding steroid dienone is 2. The maximum absolute atomic E-state index is 14.5. The molecule has 0 spiro atoms. The number of hydrogen-bond donors (Lipinski definition) is 1. The summed E-state index contributed by atoms with van der Waals surface area (Å²) >= 11 is 22.9. The molecule has 8 aromatic carbocycles. The summed E-state index contributed by atoms with van der Waals surface area (Å²) in [6.45, 7) is 30.9. The molecular weight excluding hydrogens is 1850 g/mol. The van der Waals surface area contributed by atoms with Crippen molar-refractivity contribution in [3.8, 4) is 39.1 Å². The van der Waals surface area contributed by atoms with Gasteiger partial charge in [0.25, 0.3) is 0 Å². The second-order valence-corrected chi connectivity index (χ2v) is 39.2. The highest BCUT2D eigenvalue weighted by molar-refractivity contribution is 9.10. The third kappa shape index (κ3) is 21.6. The molecule has 704 valence electrons. The number of nitrogens with zero attached hydrogens (tertiary/aromatic N) is 11. The second kappa shape index (κ2) is 42.8. The van der Waals surface area contributed by atoms with Crippen LogP contribution in [0.15, 0.2) is 250 Å². The van der Waals surface area contributed by atoms with Gasteiger partial charge in [-0.1, -0.05) is 168 Å². The van der Waals surface area contributed by atoms with Crippen LogP contribution >= 0.6 is 50.7 Å². The number of Topliss-reactive ketones (excluding diaryl/α,β-unsaturated/α-hetero) is 3. The quantitative estimate of drug-likeness (QED) is 0.0479. The lowest BCUT2D eigenvalue weighted by Crippen LogP contribution is -2.61. The second-order valence-electron chi connectivity index (χ2n) is 37.0. The van der Waals surface area contributed by atoms with E-state index in [4.69, 9.17) is 34.8 Å². The molecule has 10 heterocycles. The first kappa shape index (κ1) is 97.3. The molecule has 0 atom stereocenters. The van der Waals surface area contributed by atoms with Crippen molar-refractivity contribution in [1.29, 1.82) is 0 Å². The van der Waals surface area contributed by atoms with Gasteiger partial charge in [-0.05, 0) is 225 Å². The van der Waals surface area contributed by atoms with Gasteiger partial charge < -0.3 is 47.9 Å². The van der Waals surface area contributed by atoms with Gasteiger partial charge in [-0.25, -0.2) is 4.39 Å². The Labute approximate surface area is 821 Å². The lowest BCUT2D eigenvalue weighted by molar-refractivity contribution is -0.142. The molecule has 1 aliphatic carbocycles. The number of likely N-dealkylation sites (tertiary alicyclic amines) is 4. The van der Waals surface area contributed by atoms with Crippen LogP contribution in [0.25, 0.3) is 82.6 Å². The number of carbonyl (C=O) groups excluding carboxylic acids is 8. The zero-order valence-electron chi connectivity index (χ0n) is 77.9. The van der Waals surface area contributed by atoms with Crippen molar-refractivity contribution in [1.82, 2.24) is 52.7 Å². The van der Waals surface area contributed by atoms with Crippen LogP contribution in [-0.2, 0) is 90.5 Å². The average molecular weight is 1960 g/mol. The van der Waals surface area contributed by atoms with Crippen LogP contribution in [0.1, 0.15) is 101 Å². The monoisotopic (exact) mass is 1960 g/mol. The van der Waals surface area contributed by atoms with Crippen LogP contribution in [0.2, 0.25) is 15.1 Å². The van der Waals surface area contributed by atoms with Crippen molar-refractivity contribution < 1.29 is 47.9 Å². The normalized spacial score (nSPS) is 15.0. The van der Waals surface area contributed by atoms with Crippen molar-refractivity contribution in [2.24, 2.45) is 17.8 Å². The lowest BCUT2D eigenvalue weighted by Gasteiger charge is -2.43. The van der Waals surface area contributed by atoms with Gasteiger partial charge in [0.1, 0.15) is 18.1 Å². The summed E-state index contributed by atoms with van der Waals surface area (Å²) in [5, 5.41) is 16.0. The summed E-state index contributed by atoms with van der Waals surface area (Å²) in [5.74, 6) is -0.0594. The first-order valence-electron chi connectivity index (χ1n) is 46.6. The molecule has 0 radical (unpaired) electrons. The van der Waals surface area contributed by atoms with E-state index in [9.17, 15) is 47.9 Å². The number of aryl methyl sites for hydroxylation is 2. The molecule has 5 aromatic heterocycles. The zero-order chi connectivity index (χ0) is 96.7. The summed E-state index contributed by atoms with van der Waals surface area (Å²) in [5.41, 5.74) is 22.2. The van der Waals surface area contributed by atoms with E-state index in [1.165, 1.54) is 105 Å². The summed E-state index contributed by atoms with van der Waals surface area (Å²) in [6.07, 6.45) is 23.1. The topological polar surface area (TPSA) is 209 Å². The van der Waals surface area contributed by atoms with Crippen LogP contribution in [-0.4, -0.2) is 177 Å². The van der Waals surface area contributed by atoms with Crippen LogP contribution in [0.5, 0.6) is 5.75 Å². The molecule has 0 saturated carbocycles. The molecule has 5 aliphatic heterocycles. The summed E-state index contributed by atoms with van der Waals surface area (Å²) in [6, 6.07) is 53.3. The number of fused-ring (bicyclic) bond motifs is 5. The Morgan fingerprint density at radius 3 is 1.61 bits per heavy atom. The van der Waals surface area contributed by atoms with E-state index in [2.05, 4.69) is 190 Å². The Morgan fingerprint density at radius 1 is 0.504 bits per heavy atom. The number of carbonyl (C=O) groups is 8. The first-order valence-corrected chi connectivity index (χ1v) is 48.6. The third-order valence-electron chi connectivity index (χ3n) is 27.5. The van der Waals surface area contributed by atoms with Crippen molar-refractivity contribution in [3.63, 3.8) is 0 Å². The van der Waals surface area contributed by atoms with E-state index in [0.29, 0.717) is 111 Å². The Bertz CT molecular complexity index is 6940. The molecule has 6 aliphatic rings. The fraction of sp³-hybridized carbons (Fsp3) is 0.295. The van der Waals surface area contributed by atoms with Gasteiger partial charge >= 0.3 is 0 Å². The van der Waals surface area contributed by atoms with Crippen molar-refractivity contribution in [2.75, 3.05) is 66.0 Å².